The van der Waals surface area contributed by atoms with Gasteiger partial charge in [0, 0.05) is 15.2 Å². The highest BCUT2D eigenvalue weighted by molar-refractivity contribution is 7.10. The van der Waals surface area contributed by atoms with Crippen molar-refractivity contribution in [1.82, 2.24) is 0 Å². The quantitative estimate of drug-likeness (QED) is 0.455. The van der Waals surface area contributed by atoms with Crippen LogP contribution < -0.4 is 0 Å². The number of nitrogens with zero attached hydrogens (tertiary/aromatic N) is 1. The monoisotopic (exact) mass is 277 g/mol. The Labute approximate surface area is 107 Å². The highest BCUT2D eigenvalue weighted by Gasteiger charge is 2.23. The highest BCUT2D eigenvalue weighted by atomic mass is 35.5. The van der Waals surface area contributed by atoms with E-state index in [2.05, 4.69) is 0 Å². The second-order valence-electron chi connectivity index (χ2n) is 3.39. The molecule has 5 nitrogen and oxygen atoms in total. The predicted molar refractivity (Wildman–Crippen MR) is 65.2 cm³/mol. The van der Waals surface area contributed by atoms with Crippen LogP contribution in [0.5, 0.6) is 0 Å². The number of thiophene rings is 1. The predicted octanol–water partition coefficient (Wildman–Crippen LogP) is 2.72. The summed E-state index contributed by atoms with van der Waals surface area (Å²) in [5.41, 5.74) is 0. The molecule has 0 spiro atoms. The second kappa shape index (κ2) is 6.56. The molecule has 94 valence electrons. The number of nitro groups is 1. The fraction of sp³-hybridized carbons (Fsp3) is 0.500. The topological polar surface area (TPSA) is 69.4 Å². The van der Waals surface area contributed by atoms with Crippen LogP contribution in [0.4, 0.5) is 0 Å². The van der Waals surface area contributed by atoms with Gasteiger partial charge in [0.1, 0.15) is 0 Å². The summed E-state index contributed by atoms with van der Waals surface area (Å²) in [7, 11) is 0. The first-order valence-electron chi connectivity index (χ1n) is 5.04. The van der Waals surface area contributed by atoms with Crippen molar-refractivity contribution in [3.05, 3.63) is 31.5 Å². The normalized spacial score (nSPS) is 12.1. The smallest absolute Gasteiger partial charge is 0.306 e. The number of rotatable bonds is 6. The summed E-state index contributed by atoms with van der Waals surface area (Å²) in [6, 6.07) is 1.65. The summed E-state index contributed by atoms with van der Waals surface area (Å²) in [5.74, 6) is -0.898. The van der Waals surface area contributed by atoms with Gasteiger partial charge in [-0.2, -0.15) is 0 Å². The molecule has 0 saturated heterocycles. The summed E-state index contributed by atoms with van der Waals surface area (Å²) >= 11 is 7.08. The van der Waals surface area contributed by atoms with Crippen molar-refractivity contribution in [2.75, 3.05) is 13.2 Å². The molecule has 1 aromatic heterocycles. The van der Waals surface area contributed by atoms with Gasteiger partial charge in [0.25, 0.3) is 0 Å². The number of ether oxygens (including phenoxy) is 1. The Kier molecular flexibility index (Phi) is 5.37. The maximum absolute atomic E-state index is 11.3. The molecule has 1 heterocycles. The third kappa shape index (κ3) is 4.70. The summed E-state index contributed by atoms with van der Waals surface area (Å²) < 4.78 is 4.79. The van der Waals surface area contributed by atoms with E-state index in [1.165, 1.54) is 11.3 Å². The van der Waals surface area contributed by atoms with Crippen molar-refractivity contribution >= 4 is 28.9 Å². The van der Waals surface area contributed by atoms with Crippen LogP contribution in [0.15, 0.2) is 11.4 Å². The third-order valence-corrected chi connectivity index (χ3v) is 3.52. The number of esters is 1. The van der Waals surface area contributed by atoms with Gasteiger partial charge in [0.15, 0.2) is 0 Å². The van der Waals surface area contributed by atoms with Gasteiger partial charge in [-0.1, -0.05) is 11.6 Å². The van der Waals surface area contributed by atoms with Crippen LogP contribution in [0, 0.1) is 10.1 Å². The molecule has 7 heteroatoms. The minimum atomic E-state index is -0.471. The standard InChI is InChI=1S/C10H12ClNO4S/c1-2-16-10(13)3-7(5-12(14)15)9-4-8(11)6-17-9/h4,6-7H,2-3,5H2,1H3. The average Bonchev–Trinajstić information content (AvgIpc) is 2.63. The van der Waals surface area contributed by atoms with Crippen LogP contribution in [-0.2, 0) is 9.53 Å². The zero-order chi connectivity index (χ0) is 12.8. The van der Waals surface area contributed by atoms with E-state index in [9.17, 15) is 14.9 Å². The molecule has 0 aliphatic carbocycles. The lowest BCUT2D eigenvalue weighted by Gasteiger charge is -2.09. The fourth-order valence-electron chi connectivity index (χ4n) is 1.40. The van der Waals surface area contributed by atoms with Crippen LogP contribution in [-0.4, -0.2) is 24.0 Å². The molecule has 0 N–H and O–H groups in total. The third-order valence-electron chi connectivity index (χ3n) is 2.08. The van der Waals surface area contributed by atoms with Crippen molar-refractivity contribution in [2.45, 2.75) is 19.3 Å². The molecule has 0 aliphatic rings. The first kappa shape index (κ1) is 13.9. The molecule has 0 fully saturated rings. The molecule has 0 saturated carbocycles. The van der Waals surface area contributed by atoms with E-state index in [4.69, 9.17) is 16.3 Å². The average molecular weight is 278 g/mol. The van der Waals surface area contributed by atoms with Gasteiger partial charge in [-0.3, -0.25) is 14.9 Å². The van der Waals surface area contributed by atoms with Crippen LogP contribution >= 0.6 is 22.9 Å². The van der Waals surface area contributed by atoms with Gasteiger partial charge in [-0.15, -0.1) is 11.3 Å². The molecule has 0 bridgehead atoms. The maximum atomic E-state index is 11.3. The molecule has 1 unspecified atom stereocenters. The van der Waals surface area contributed by atoms with Gasteiger partial charge >= 0.3 is 5.97 Å². The molecule has 1 atom stereocenters. The van der Waals surface area contributed by atoms with Crippen LogP contribution in [0.25, 0.3) is 0 Å². The van der Waals surface area contributed by atoms with Crippen molar-refractivity contribution in [3.63, 3.8) is 0 Å². The number of hydrogen-bond acceptors (Lipinski definition) is 5. The number of halogens is 1. The number of carbonyl (C=O) groups excluding carboxylic acids is 1. The van der Waals surface area contributed by atoms with Crippen LogP contribution in [0.1, 0.15) is 24.1 Å². The Bertz CT molecular complexity index is 407. The second-order valence-corrected chi connectivity index (χ2v) is 4.77. The van der Waals surface area contributed by atoms with E-state index in [1.54, 1.807) is 18.4 Å². The molecule has 0 radical (unpaired) electrons. The molecule has 17 heavy (non-hydrogen) atoms. The van der Waals surface area contributed by atoms with E-state index >= 15 is 0 Å². The Balaban J connectivity index is 2.73. The van der Waals surface area contributed by atoms with Crippen LogP contribution in [0.2, 0.25) is 5.02 Å². The Morgan fingerprint density at radius 2 is 2.41 bits per heavy atom. The fourth-order valence-corrected chi connectivity index (χ4v) is 2.58. The molecule has 1 aromatic rings. The minimum absolute atomic E-state index is 0.00562. The zero-order valence-corrected chi connectivity index (χ0v) is 10.8. The van der Waals surface area contributed by atoms with Crippen molar-refractivity contribution in [3.8, 4) is 0 Å². The summed E-state index contributed by atoms with van der Waals surface area (Å²) in [6.07, 6.45) is 0.00562. The van der Waals surface area contributed by atoms with Gasteiger partial charge in [-0.25, -0.2) is 0 Å². The van der Waals surface area contributed by atoms with E-state index in [-0.39, 0.29) is 19.6 Å². The van der Waals surface area contributed by atoms with E-state index < -0.39 is 16.8 Å². The molecular formula is C10H12ClNO4S. The minimum Gasteiger partial charge on any atom is -0.466 e. The molecule has 0 amide bonds. The summed E-state index contributed by atoms with van der Waals surface area (Å²) in [5, 5.41) is 12.8. The van der Waals surface area contributed by atoms with Crippen LogP contribution in [0.3, 0.4) is 0 Å². The lowest BCUT2D eigenvalue weighted by atomic mass is 10.0. The Hall–Kier alpha value is -1.14. The van der Waals surface area contributed by atoms with Gasteiger partial charge in [0.05, 0.1) is 24.0 Å². The number of hydrogen-bond donors (Lipinski definition) is 0. The Morgan fingerprint density at radius 3 is 2.88 bits per heavy atom. The first-order chi connectivity index (χ1) is 8.02. The van der Waals surface area contributed by atoms with E-state index in [0.717, 1.165) is 4.88 Å². The highest BCUT2D eigenvalue weighted by Crippen LogP contribution is 2.29. The van der Waals surface area contributed by atoms with Gasteiger partial charge < -0.3 is 4.74 Å². The van der Waals surface area contributed by atoms with E-state index in [0.29, 0.717) is 5.02 Å². The molecular weight excluding hydrogens is 266 g/mol. The van der Waals surface area contributed by atoms with Crippen molar-refractivity contribution in [2.24, 2.45) is 0 Å². The molecule has 0 aromatic carbocycles. The van der Waals surface area contributed by atoms with Crippen molar-refractivity contribution < 1.29 is 14.5 Å². The molecule has 1 rings (SSSR count). The SMILES string of the molecule is CCOC(=O)CC(C[N+](=O)[O-])c1cc(Cl)cs1. The lowest BCUT2D eigenvalue weighted by molar-refractivity contribution is -0.483. The lowest BCUT2D eigenvalue weighted by Crippen LogP contribution is -2.17. The molecule has 0 aliphatic heterocycles. The van der Waals surface area contributed by atoms with E-state index in [1.807, 2.05) is 0 Å². The first-order valence-corrected chi connectivity index (χ1v) is 6.30. The zero-order valence-electron chi connectivity index (χ0n) is 9.22. The van der Waals surface area contributed by atoms with Gasteiger partial charge in [0.2, 0.25) is 6.54 Å². The maximum Gasteiger partial charge on any atom is 0.306 e. The Morgan fingerprint density at radius 1 is 1.71 bits per heavy atom. The summed E-state index contributed by atoms with van der Waals surface area (Å²) in [4.78, 5) is 22.2. The van der Waals surface area contributed by atoms with Gasteiger partial charge in [-0.05, 0) is 13.0 Å². The number of carbonyl (C=O) groups is 1. The van der Waals surface area contributed by atoms with Crippen molar-refractivity contribution in [1.29, 1.82) is 0 Å². The largest absolute Gasteiger partial charge is 0.466 e. The summed E-state index contributed by atoms with van der Waals surface area (Å²) in [6.45, 7) is 1.67.